The maximum Gasteiger partial charge on any atom is 0.336 e. The number of esters is 2. The van der Waals surface area contributed by atoms with E-state index in [1.54, 1.807) is 20.3 Å². The van der Waals surface area contributed by atoms with Crippen LogP contribution in [0.1, 0.15) is 30.3 Å². The summed E-state index contributed by atoms with van der Waals surface area (Å²) in [6.45, 7) is 3.72. The van der Waals surface area contributed by atoms with Gasteiger partial charge in [-0.1, -0.05) is 30.3 Å². The summed E-state index contributed by atoms with van der Waals surface area (Å²) in [5.74, 6) is -1.19. The van der Waals surface area contributed by atoms with Crippen LogP contribution >= 0.6 is 27.3 Å². The molecule has 0 aliphatic carbocycles. The summed E-state index contributed by atoms with van der Waals surface area (Å²) < 4.78 is 22.2. The standard InChI is InChI=1S/C28H29BrN2O6S/c1-15-22(25(32)36-5)23(16-10-8-7-9-11-16)24(26(33)37-6)28(2,31-15)27-30-19(14-38-27)17-12-18(29)21(35-4)13-20(17)34-3/h7-14,23-24,31H,1-6H3. The van der Waals surface area contributed by atoms with Crippen molar-refractivity contribution in [2.24, 2.45) is 5.92 Å². The molecule has 200 valence electrons. The van der Waals surface area contributed by atoms with E-state index in [1.165, 1.54) is 25.6 Å². The number of nitrogens with zero attached hydrogens (tertiary/aromatic N) is 1. The van der Waals surface area contributed by atoms with Gasteiger partial charge < -0.3 is 24.3 Å². The molecule has 0 fully saturated rings. The molecule has 10 heteroatoms. The largest absolute Gasteiger partial charge is 0.496 e. The van der Waals surface area contributed by atoms with Crippen molar-refractivity contribution in [3.63, 3.8) is 0 Å². The number of rotatable bonds is 7. The van der Waals surface area contributed by atoms with Crippen LogP contribution in [0.5, 0.6) is 11.5 Å². The zero-order chi connectivity index (χ0) is 27.6. The van der Waals surface area contributed by atoms with Gasteiger partial charge in [-0.2, -0.15) is 0 Å². The number of methoxy groups -OCH3 is 4. The lowest BCUT2D eigenvalue weighted by Gasteiger charge is -2.45. The van der Waals surface area contributed by atoms with Gasteiger partial charge in [0.15, 0.2) is 0 Å². The third kappa shape index (κ3) is 4.78. The number of benzene rings is 2. The molecule has 1 N–H and O–H groups in total. The minimum absolute atomic E-state index is 0.379. The van der Waals surface area contributed by atoms with Crippen LogP contribution in [0, 0.1) is 5.92 Å². The van der Waals surface area contributed by atoms with Crippen molar-refractivity contribution < 1.29 is 28.5 Å². The lowest BCUT2D eigenvalue weighted by Crippen LogP contribution is -2.55. The van der Waals surface area contributed by atoms with E-state index in [4.69, 9.17) is 23.9 Å². The fourth-order valence-corrected chi connectivity index (χ4v) is 6.54. The maximum atomic E-state index is 13.5. The van der Waals surface area contributed by atoms with E-state index in [0.29, 0.717) is 33.5 Å². The Bertz CT molecular complexity index is 1390. The number of ether oxygens (including phenoxy) is 4. The number of carbonyl (C=O) groups is 2. The second-order valence-electron chi connectivity index (χ2n) is 8.97. The number of aromatic nitrogens is 1. The van der Waals surface area contributed by atoms with Gasteiger partial charge in [-0.25, -0.2) is 9.78 Å². The van der Waals surface area contributed by atoms with Gasteiger partial charge in [-0.05, 0) is 41.4 Å². The van der Waals surface area contributed by atoms with Crippen molar-refractivity contribution in [1.29, 1.82) is 0 Å². The maximum absolute atomic E-state index is 13.5. The average molecular weight is 602 g/mol. The minimum Gasteiger partial charge on any atom is -0.496 e. The van der Waals surface area contributed by atoms with Crippen LogP contribution in [0.4, 0.5) is 0 Å². The van der Waals surface area contributed by atoms with Crippen LogP contribution in [-0.4, -0.2) is 45.4 Å². The highest BCUT2D eigenvalue weighted by molar-refractivity contribution is 9.10. The Labute approximate surface area is 234 Å². The summed E-state index contributed by atoms with van der Waals surface area (Å²) >= 11 is 4.95. The van der Waals surface area contributed by atoms with Crippen molar-refractivity contribution in [2.45, 2.75) is 25.3 Å². The van der Waals surface area contributed by atoms with E-state index in [-0.39, 0.29) is 0 Å². The lowest BCUT2D eigenvalue weighted by molar-refractivity contribution is -0.150. The quantitative estimate of drug-likeness (QED) is 0.359. The first-order valence-corrected chi connectivity index (χ1v) is 13.4. The summed E-state index contributed by atoms with van der Waals surface area (Å²) in [6.07, 6.45) is 0. The molecule has 3 aromatic rings. The molecule has 1 aliphatic rings. The Morgan fingerprint density at radius 1 is 1.03 bits per heavy atom. The first-order valence-electron chi connectivity index (χ1n) is 11.8. The number of carbonyl (C=O) groups excluding carboxylic acids is 2. The first-order chi connectivity index (χ1) is 18.2. The zero-order valence-electron chi connectivity index (χ0n) is 22.0. The number of hydrogen-bond donors (Lipinski definition) is 1. The fourth-order valence-electron chi connectivity index (χ4n) is 5.06. The van der Waals surface area contributed by atoms with Crippen LogP contribution in [0.3, 0.4) is 0 Å². The molecule has 8 nitrogen and oxygen atoms in total. The van der Waals surface area contributed by atoms with Crippen molar-refractivity contribution in [1.82, 2.24) is 10.3 Å². The van der Waals surface area contributed by atoms with Gasteiger partial charge in [-0.3, -0.25) is 4.79 Å². The number of nitrogens with one attached hydrogen (secondary N) is 1. The first kappa shape index (κ1) is 27.7. The predicted octanol–water partition coefficient (Wildman–Crippen LogP) is 5.43. The Morgan fingerprint density at radius 3 is 2.32 bits per heavy atom. The van der Waals surface area contributed by atoms with Gasteiger partial charge in [0.2, 0.25) is 0 Å². The molecular weight excluding hydrogens is 572 g/mol. The number of allylic oxidation sites excluding steroid dienone is 1. The Balaban J connectivity index is 1.91. The van der Waals surface area contributed by atoms with Gasteiger partial charge in [0, 0.05) is 28.6 Å². The van der Waals surface area contributed by atoms with Crippen LogP contribution in [0.15, 0.2) is 63.6 Å². The number of thiazole rings is 1. The highest BCUT2D eigenvalue weighted by atomic mass is 79.9. The van der Waals surface area contributed by atoms with E-state index in [2.05, 4.69) is 21.2 Å². The van der Waals surface area contributed by atoms with Gasteiger partial charge in [-0.15, -0.1) is 11.3 Å². The van der Waals surface area contributed by atoms with Gasteiger partial charge in [0.05, 0.1) is 50.1 Å². The monoisotopic (exact) mass is 600 g/mol. The third-order valence-corrected chi connectivity index (χ3v) is 8.53. The van der Waals surface area contributed by atoms with Crippen LogP contribution < -0.4 is 14.8 Å². The predicted molar refractivity (Wildman–Crippen MR) is 148 cm³/mol. The van der Waals surface area contributed by atoms with Gasteiger partial charge in [0.25, 0.3) is 0 Å². The molecule has 0 saturated heterocycles. The van der Waals surface area contributed by atoms with Crippen LogP contribution in [-0.2, 0) is 24.6 Å². The van der Waals surface area contributed by atoms with Crippen molar-refractivity contribution in [3.05, 3.63) is 74.2 Å². The zero-order valence-corrected chi connectivity index (χ0v) is 24.4. The molecule has 3 unspecified atom stereocenters. The van der Waals surface area contributed by atoms with E-state index >= 15 is 0 Å². The molecule has 0 bridgehead atoms. The minimum atomic E-state index is -1.00. The summed E-state index contributed by atoms with van der Waals surface area (Å²) in [4.78, 5) is 31.5. The van der Waals surface area contributed by atoms with Crippen molar-refractivity contribution in [2.75, 3.05) is 28.4 Å². The molecule has 38 heavy (non-hydrogen) atoms. The molecule has 4 rings (SSSR count). The molecule has 0 spiro atoms. The van der Waals surface area contributed by atoms with Crippen molar-refractivity contribution >= 4 is 39.2 Å². The molecule has 2 aromatic carbocycles. The SMILES string of the molecule is COC(=O)C1=C(C)NC(C)(c2nc(-c3cc(Br)c(OC)cc3OC)cs2)C(C(=O)OC)C1c1ccccc1. The van der Waals surface area contributed by atoms with Crippen LogP contribution in [0.2, 0.25) is 0 Å². The Kier molecular flexibility index (Phi) is 8.13. The lowest BCUT2D eigenvalue weighted by atomic mass is 9.67. The average Bonchev–Trinajstić information content (AvgIpc) is 3.43. The van der Waals surface area contributed by atoms with Gasteiger partial charge in [0.1, 0.15) is 22.0 Å². The number of hydrogen-bond acceptors (Lipinski definition) is 9. The van der Waals surface area contributed by atoms with E-state index < -0.39 is 29.3 Å². The summed E-state index contributed by atoms with van der Waals surface area (Å²) in [5.41, 5.74) is 2.22. The van der Waals surface area contributed by atoms with Crippen molar-refractivity contribution in [3.8, 4) is 22.8 Å². The van der Waals surface area contributed by atoms with E-state index in [1.807, 2.05) is 55.6 Å². The summed E-state index contributed by atoms with van der Waals surface area (Å²) in [7, 11) is 5.86. The summed E-state index contributed by atoms with van der Waals surface area (Å²) in [6, 6.07) is 13.1. The smallest absolute Gasteiger partial charge is 0.336 e. The highest BCUT2D eigenvalue weighted by Gasteiger charge is 2.54. The molecule has 0 radical (unpaired) electrons. The molecule has 2 heterocycles. The highest BCUT2D eigenvalue weighted by Crippen LogP contribution is 2.50. The number of halogens is 1. The van der Waals surface area contributed by atoms with Crippen LogP contribution in [0.25, 0.3) is 11.3 Å². The fraction of sp³-hybridized carbons (Fsp3) is 0.321. The Morgan fingerprint density at radius 2 is 1.71 bits per heavy atom. The molecule has 1 aliphatic heterocycles. The molecule has 0 amide bonds. The molecule has 1 aromatic heterocycles. The second-order valence-corrected chi connectivity index (χ2v) is 10.7. The summed E-state index contributed by atoms with van der Waals surface area (Å²) in [5, 5.41) is 6.00. The normalized spacial score (nSPS) is 20.9. The Hall–Kier alpha value is -3.37. The third-order valence-electron chi connectivity index (χ3n) is 6.83. The molecule has 0 saturated carbocycles. The topological polar surface area (TPSA) is 96.0 Å². The molecular formula is C28H29BrN2O6S. The van der Waals surface area contributed by atoms with E-state index in [9.17, 15) is 9.59 Å². The van der Waals surface area contributed by atoms with Gasteiger partial charge >= 0.3 is 11.9 Å². The molecule has 3 atom stereocenters. The second kappa shape index (κ2) is 11.2. The van der Waals surface area contributed by atoms with E-state index in [0.717, 1.165) is 15.6 Å².